The molecule has 0 spiro atoms. The highest BCUT2D eigenvalue weighted by Gasteiger charge is 2.24. The van der Waals surface area contributed by atoms with E-state index in [-0.39, 0.29) is 12.0 Å². The summed E-state index contributed by atoms with van der Waals surface area (Å²) in [5.41, 5.74) is 2.17. The molecule has 0 aliphatic carbocycles. The van der Waals surface area contributed by atoms with Crippen LogP contribution in [0.25, 0.3) is 0 Å². The number of likely N-dealkylation sites (N-methyl/N-ethyl adjacent to an activating group) is 1. The van der Waals surface area contributed by atoms with Crippen molar-refractivity contribution in [1.82, 2.24) is 4.90 Å². The molecule has 0 saturated carbocycles. The molecule has 0 saturated heterocycles. The summed E-state index contributed by atoms with van der Waals surface area (Å²) in [5.74, 6) is -0.228. The van der Waals surface area contributed by atoms with Gasteiger partial charge < -0.3 is 4.74 Å². The number of halogens is 1. The Hall–Kier alpha value is -1.84. The zero-order chi connectivity index (χ0) is 15.9. The monoisotopic (exact) mass is 317 g/mol. The second-order valence-corrected chi connectivity index (χ2v) is 5.71. The lowest BCUT2D eigenvalue weighted by Gasteiger charge is -2.26. The average molecular weight is 318 g/mol. The SMILES string of the molecule is COC(=O)[C@H](Cc1ccccc1)N(C)Cc1cccc(Cl)c1. The largest absolute Gasteiger partial charge is 0.468 e. The molecule has 2 aromatic rings. The van der Waals surface area contributed by atoms with Crippen molar-refractivity contribution in [3.05, 3.63) is 70.7 Å². The smallest absolute Gasteiger partial charge is 0.323 e. The standard InChI is InChI=1S/C18H20ClNO2/c1-20(13-15-9-6-10-16(19)11-15)17(18(21)22-2)12-14-7-4-3-5-8-14/h3-11,17H,12-13H2,1-2H3/t17-/m0/s1. The Morgan fingerprint density at radius 3 is 2.45 bits per heavy atom. The normalized spacial score (nSPS) is 12.2. The molecule has 0 fully saturated rings. The summed E-state index contributed by atoms with van der Waals surface area (Å²) in [5, 5.41) is 0.698. The maximum Gasteiger partial charge on any atom is 0.323 e. The van der Waals surface area contributed by atoms with Gasteiger partial charge >= 0.3 is 5.97 Å². The van der Waals surface area contributed by atoms with E-state index in [2.05, 4.69) is 0 Å². The van der Waals surface area contributed by atoms with Crippen molar-refractivity contribution in [2.24, 2.45) is 0 Å². The van der Waals surface area contributed by atoms with E-state index < -0.39 is 0 Å². The molecule has 2 aromatic carbocycles. The fraction of sp³-hybridized carbons (Fsp3) is 0.278. The summed E-state index contributed by atoms with van der Waals surface area (Å²) in [6.45, 7) is 0.632. The van der Waals surface area contributed by atoms with Gasteiger partial charge in [0.25, 0.3) is 0 Å². The first kappa shape index (κ1) is 16.5. The first-order valence-electron chi connectivity index (χ1n) is 7.16. The molecule has 116 valence electrons. The maximum atomic E-state index is 12.1. The predicted molar refractivity (Wildman–Crippen MR) is 88.9 cm³/mol. The van der Waals surface area contributed by atoms with Crippen LogP contribution in [0, 0.1) is 0 Å². The van der Waals surface area contributed by atoms with Gasteiger partial charge in [-0.25, -0.2) is 0 Å². The lowest BCUT2D eigenvalue weighted by molar-refractivity contribution is -0.146. The van der Waals surface area contributed by atoms with Crippen LogP contribution < -0.4 is 0 Å². The van der Waals surface area contributed by atoms with Crippen molar-refractivity contribution in [1.29, 1.82) is 0 Å². The number of carbonyl (C=O) groups is 1. The third-order valence-corrected chi connectivity index (χ3v) is 3.83. The highest BCUT2D eigenvalue weighted by atomic mass is 35.5. The molecule has 1 atom stereocenters. The van der Waals surface area contributed by atoms with Crippen LogP contribution in [0.1, 0.15) is 11.1 Å². The minimum atomic E-state index is -0.327. The number of esters is 1. The van der Waals surface area contributed by atoms with Crippen LogP contribution >= 0.6 is 11.6 Å². The fourth-order valence-corrected chi connectivity index (χ4v) is 2.64. The molecule has 0 aromatic heterocycles. The zero-order valence-electron chi connectivity index (χ0n) is 12.8. The molecular weight excluding hydrogens is 298 g/mol. The average Bonchev–Trinajstić information content (AvgIpc) is 2.53. The summed E-state index contributed by atoms with van der Waals surface area (Å²) in [4.78, 5) is 14.1. The number of rotatable bonds is 6. The first-order valence-corrected chi connectivity index (χ1v) is 7.54. The lowest BCUT2D eigenvalue weighted by atomic mass is 10.0. The van der Waals surface area contributed by atoms with Gasteiger partial charge in [0.15, 0.2) is 0 Å². The van der Waals surface area contributed by atoms with Crippen molar-refractivity contribution in [3.63, 3.8) is 0 Å². The Bertz CT molecular complexity index is 615. The van der Waals surface area contributed by atoms with E-state index in [4.69, 9.17) is 16.3 Å². The van der Waals surface area contributed by atoms with E-state index in [9.17, 15) is 4.79 Å². The van der Waals surface area contributed by atoms with E-state index in [0.29, 0.717) is 18.0 Å². The predicted octanol–water partition coefficient (Wildman–Crippen LogP) is 3.56. The number of methoxy groups -OCH3 is 1. The summed E-state index contributed by atoms with van der Waals surface area (Å²) in [7, 11) is 3.35. The van der Waals surface area contributed by atoms with Crippen LogP contribution in [0.3, 0.4) is 0 Å². The van der Waals surface area contributed by atoms with E-state index >= 15 is 0 Å². The van der Waals surface area contributed by atoms with E-state index in [0.717, 1.165) is 11.1 Å². The fourth-order valence-electron chi connectivity index (χ4n) is 2.43. The Morgan fingerprint density at radius 1 is 1.14 bits per heavy atom. The Balaban J connectivity index is 2.12. The van der Waals surface area contributed by atoms with Gasteiger partial charge in [-0.3, -0.25) is 9.69 Å². The lowest BCUT2D eigenvalue weighted by Crippen LogP contribution is -2.40. The molecule has 0 radical (unpaired) electrons. The van der Waals surface area contributed by atoms with Crippen LogP contribution in [0.4, 0.5) is 0 Å². The molecular formula is C18H20ClNO2. The molecule has 0 heterocycles. The number of nitrogens with zero attached hydrogens (tertiary/aromatic N) is 1. The molecule has 0 aliphatic heterocycles. The van der Waals surface area contributed by atoms with E-state index in [1.165, 1.54) is 7.11 Å². The van der Waals surface area contributed by atoms with Crippen LogP contribution in [-0.2, 0) is 22.5 Å². The number of benzene rings is 2. The highest BCUT2D eigenvalue weighted by Crippen LogP contribution is 2.16. The number of carbonyl (C=O) groups excluding carboxylic acids is 1. The molecule has 0 amide bonds. The molecule has 2 rings (SSSR count). The summed E-state index contributed by atoms with van der Waals surface area (Å²) >= 11 is 6.02. The third kappa shape index (κ3) is 4.58. The maximum absolute atomic E-state index is 12.1. The first-order chi connectivity index (χ1) is 10.6. The van der Waals surface area contributed by atoms with Crippen molar-refractivity contribution in [2.75, 3.05) is 14.2 Å². The summed E-state index contributed by atoms with van der Waals surface area (Å²) < 4.78 is 4.96. The van der Waals surface area contributed by atoms with Gasteiger partial charge in [0.2, 0.25) is 0 Å². The van der Waals surface area contributed by atoms with Crippen molar-refractivity contribution < 1.29 is 9.53 Å². The van der Waals surface area contributed by atoms with Crippen LogP contribution in [-0.4, -0.2) is 31.1 Å². The van der Waals surface area contributed by atoms with E-state index in [1.807, 2.05) is 66.5 Å². The van der Waals surface area contributed by atoms with Crippen LogP contribution in [0.5, 0.6) is 0 Å². The molecule has 4 heteroatoms. The van der Waals surface area contributed by atoms with Crippen LogP contribution in [0.15, 0.2) is 54.6 Å². The van der Waals surface area contributed by atoms with Crippen molar-refractivity contribution in [2.45, 2.75) is 19.0 Å². The molecule has 0 N–H and O–H groups in total. The quantitative estimate of drug-likeness (QED) is 0.763. The van der Waals surface area contributed by atoms with Gasteiger partial charge in [0, 0.05) is 11.6 Å². The Morgan fingerprint density at radius 2 is 1.82 bits per heavy atom. The van der Waals surface area contributed by atoms with Crippen molar-refractivity contribution in [3.8, 4) is 0 Å². The van der Waals surface area contributed by atoms with Gasteiger partial charge in [0.1, 0.15) is 6.04 Å². The second-order valence-electron chi connectivity index (χ2n) is 5.27. The third-order valence-electron chi connectivity index (χ3n) is 3.60. The summed E-state index contributed by atoms with van der Waals surface area (Å²) in [6.07, 6.45) is 0.616. The number of hydrogen-bond donors (Lipinski definition) is 0. The second kappa shape index (κ2) is 7.97. The number of ether oxygens (including phenoxy) is 1. The Kier molecular flexibility index (Phi) is 5.99. The molecule has 0 aliphatic rings. The highest BCUT2D eigenvalue weighted by molar-refractivity contribution is 6.30. The molecule has 3 nitrogen and oxygen atoms in total. The molecule has 0 bridgehead atoms. The van der Waals surface area contributed by atoms with Gasteiger partial charge in [-0.1, -0.05) is 54.1 Å². The van der Waals surface area contributed by atoms with Gasteiger partial charge in [-0.05, 0) is 36.7 Å². The molecule has 0 unspecified atom stereocenters. The topological polar surface area (TPSA) is 29.5 Å². The molecule has 22 heavy (non-hydrogen) atoms. The zero-order valence-corrected chi connectivity index (χ0v) is 13.6. The van der Waals surface area contributed by atoms with Gasteiger partial charge in [-0.15, -0.1) is 0 Å². The van der Waals surface area contributed by atoms with Crippen molar-refractivity contribution >= 4 is 17.6 Å². The minimum absolute atomic E-state index is 0.228. The Labute approximate surface area is 136 Å². The number of hydrogen-bond acceptors (Lipinski definition) is 3. The minimum Gasteiger partial charge on any atom is -0.468 e. The van der Waals surface area contributed by atoms with Gasteiger partial charge in [-0.2, -0.15) is 0 Å². The van der Waals surface area contributed by atoms with Crippen LogP contribution in [0.2, 0.25) is 5.02 Å². The van der Waals surface area contributed by atoms with Gasteiger partial charge in [0.05, 0.1) is 7.11 Å². The summed E-state index contributed by atoms with van der Waals surface area (Å²) in [6, 6.07) is 17.3. The van der Waals surface area contributed by atoms with E-state index in [1.54, 1.807) is 0 Å².